The zero-order valence-electron chi connectivity index (χ0n) is 9.72. The van der Waals surface area contributed by atoms with Crippen LogP contribution < -0.4 is 0 Å². The molecule has 1 nitrogen and oxygen atoms in total. The molecule has 1 fully saturated rings. The van der Waals surface area contributed by atoms with E-state index in [1.54, 1.807) is 0 Å². The fraction of sp³-hybridized carbons (Fsp3) is 0.923. The second-order valence-corrected chi connectivity index (χ2v) is 4.63. The Morgan fingerprint density at radius 2 is 2.00 bits per heavy atom. The van der Waals surface area contributed by atoms with Crippen molar-refractivity contribution in [3.05, 3.63) is 0 Å². The topological polar surface area (TPSA) is 17.1 Å². The molecule has 1 aliphatic carbocycles. The molecule has 0 radical (unpaired) electrons. The molecule has 0 aliphatic heterocycles. The first-order chi connectivity index (χ1) is 6.79. The Hall–Kier alpha value is -0.330. The third-order valence-electron chi connectivity index (χ3n) is 3.60. The molecule has 0 spiro atoms. The summed E-state index contributed by atoms with van der Waals surface area (Å²) < 4.78 is 0. The van der Waals surface area contributed by atoms with Crippen LogP contribution in [-0.4, -0.2) is 5.78 Å². The minimum atomic E-state index is 0.394. The summed E-state index contributed by atoms with van der Waals surface area (Å²) in [6.07, 6.45) is 9.34. The van der Waals surface area contributed by atoms with E-state index in [9.17, 15) is 4.79 Å². The number of hydrogen-bond acceptors (Lipinski definition) is 1. The van der Waals surface area contributed by atoms with Gasteiger partial charge in [-0.1, -0.05) is 39.5 Å². The summed E-state index contributed by atoms with van der Waals surface area (Å²) in [7, 11) is 0. The van der Waals surface area contributed by atoms with Crippen LogP contribution in [0.3, 0.4) is 0 Å². The highest BCUT2D eigenvalue weighted by atomic mass is 16.1. The van der Waals surface area contributed by atoms with E-state index in [-0.39, 0.29) is 0 Å². The van der Waals surface area contributed by atoms with E-state index in [0.717, 1.165) is 25.7 Å². The molecule has 1 saturated carbocycles. The highest BCUT2D eigenvalue weighted by Crippen LogP contribution is 2.30. The second kappa shape index (κ2) is 6.21. The summed E-state index contributed by atoms with van der Waals surface area (Å²) in [5, 5.41) is 0. The number of carbonyl (C=O) groups excluding carboxylic acids is 1. The highest BCUT2D eigenvalue weighted by molar-refractivity contribution is 5.81. The van der Waals surface area contributed by atoms with Crippen LogP contribution in [0, 0.1) is 11.8 Å². The average Bonchev–Trinajstić information content (AvgIpc) is 2.18. The van der Waals surface area contributed by atoms with Crippen LogP contribution >= 0.6 is 0 Å². The van der Waals surface area contributed by atoms with Gasteiger partial charge in [0.25, 0.3) is 0 Å². The maximum atomic E-state index is 11.9. The SMILES string of the molecule is CCC[C@H]1C(=O)CCCCC[C@@H]1CC. The molecular formula is C13H24O. The third-order valence-corrected chi connectivity index (χ3v) is 3.60. The molecule has 0 aromatic carbocycles. The van der Waals surface area contributed by atoms with Crippen molar-refractivity contribution in [2.24, 2.45) is 11.8 Å². The molecule has 0 saturated heterocycles. The fourth-order valence-electron chi connectivity index (χ4n) is 2.73. The van der Waals surface area contributed by atoms with Crippen LogP contribution in [0.1, 0.15) is 65.2 Å². The van der Waals surface area contributed by atoms with Crippen LogP contribution in [0.5, 0.6) is 0 Å². The first-order valence-electron chi connectivity index (χ1n) is 6.32. The van der Waals surface area contributed by atoms with Crippen LogP contribution in [0.4, 0.5) is 0 Å². The molecule has 1 rings (SSSR count). The van der Waals surface area contributed by atoms with Crippen molar-refractivity contribution < 1.29 is 4.79 Å². The quantitative estimate of drug-likeness (QED) is 0.667. The van der Waals surface area contributed by atoms with Gasteiger partial charge in [-0.15, -0.1) is 0 Å². The number of rotatable bonds is 3. The lowest BCUT2D eigenvalue weighted by atomic mass is 9.77. The zero-order valence-corrected chi connectivity index (χ0v) is 9.72. The summed E-state index contributed by atoms with van der Waals surface area (Å²) in [5.74, 6) is 1.63. The smallest absolute Gasteiger partial charge is 0.136 e. The Morgan fingerprint density at radius 1 is 1.21 bits per heavy atom. The second-order valence-electron chi connectivity index (χ2n) is 4.63. The molecule has 0 aromatic heterocycles. The van der Waals surface area contributed by atoms with Gasteiger partial charge in [-0.25, -0.2) is 0 Å². The molecule has 1 heteroatoms. The van der Waals surface area contributed by atoms with E-state index in [2.05, 4.69) is 13.8 Å². The molecule has 82 valence electrons. The molecule has 0 amide bonds. The number of ketones is 1. The lowest BCUT2D eigenvalue weighted by Gasteiger charge is -2.27. The molecule has 0 heterocycles. The summed E-state index contributed by atoms with van der Waals surface area (Å²) in [5.41, 5.74) is 0. The Bertz CT molecular complexity index is 174. The van der Waals surface area contributed by atoms with E-state index < -0.39 is 0 Å². The average molecular weight is 196 g/mol. The summed E-state index contributed by atoms with van der Waals surface area (Å²) in [4.78, 5) is 11.9. The Balaban J connectivity index is 2.60. The summed E-state index contributed by atoms with van der Waals surface area (Å²) in [6, 6.07) is 0. The van der Waals surface area contributed by atoms with Crippen molar-refractivity contribution in [3.63, 3.8) is 0 Å². The number of hydrogen-bond donors (Lipinski definition) is 0. The lowest BCUT2D eigenvalue weighted by Crippen LogP contribution is -2.25. The van der Waals surface area contributed by atoms with Gasteiger partial charge in [-0.2, -0.15) is 0 Å². The van der Waals surface area contributed by atoms with Gasteiger partial charge in [0.05, 0.1) is 0 Å². The van der Waals surface area contributed by atoms with Gasteiger partial charge in [-0.05, 0) is 25.2 Å². The van der Waals surface area contributed by atoms with Crippen LogP contribution in [0.25, 0.3) is 0 Å². The van der Waals surface area contributed by atoms with Crippen molar-refractivity contribution in [1.82, 2.24) is 0 Å². The summed E-state index contributed by atoms with van der Waals surface area (Å²) in [6.45, 7) is 4.43. The van der Waals surface area contributed by atoms with Crippen molar-refractivity contribution in [3.8, 4) is 0 Å². The van der Waals surface area contributed by atoms with Gasteiger partial charge in [0, 0.05) is 12.3 Å². The van der Waals surface area contributed by atoms with E-state index in [1.807, 2.05) is 0 Å². The van der Waals surface area contributed by atoms with Gasteiger partial charge in [0.1, 0.15) is 5.78 Å². The standard InChI is InChI=1S/C13H24O/c1-3-8-12-11(4-2)9-6-5-7-10-13(12)14/h11-12H,3-10H2,1-2H3/t11-,12+/m0/s1. The van der Waals surface area contributed by atoms with Gasteiger partial charge >= 0.3 is 0 Å². The zero-order chi connectivity index (χ0) is 10.4. The largest absolute Gasteiger partial charge is 0.299 e. The van der Waals surface area contributed by atoms with Crippen molar-refractivity contribution in [1.29, 1.82) is 0 Å². The van der Waals surface area contributed by atoms with Crippen molar-refractivity contribution in [2.45, 2.75) is 65.2 Å². The lowest BCUT2D eigenvalue weighted by molar-refractivity contribution is -0.125. The van der Waals surface area contributed by atoms with E-state index >= 15 is 0 Å². The maximum absolute atomic E-state index is 11.9. The monoisotopic (exact) mass is 196 g/mol. The number of carbonyl (C=O) groups is 1. The number of Topliss-reactive ketones (excluding diaryl/α,β-unsaturated/α-hetero) is 1. The van der Waals surface area contributed by atoms with Gasteiger partial charge in [0.15, 0.2) is 0 Å². The van der Waals surface area contributed by atoms with Crippen LogP contribution in [0.2, 0.25) is 0 Å². The molecule has 0 bridgehead atoms. The minimum Gasteiger partial charge on any atom is -0.299 e. The minimum absolute atomic E-state index is 0.394. The molecule has 0 aromatic rings. The van der Waals surface area contributed by atoms with E-state index in [0.29, 0.717) is 17.6 Å². The summed E-state index contributed by atoms with van der Waals surface area (Å²) >= 11 is 0. The fourth-order valence-corrected chi connectivity index (χ4v) is 2.73. The molecular weight excluding hydrogens is 172 g/mol. The molecule has 2 atom stereocenters. The third kappa shape index (κ3) is 3.11. The predicted octanol–water partition coefficient (Wildman–Crippen LogP) is 3.96. The first kappa shape index (κ1) is 11.7. The van der Waals surface area contributed by atoms with Crippen LogP contribution in [0.15, 0.2) is 0 Å². The van der Waals surface area contributed by atoms with Gasteiger partial charge in [-0.3, -0.25) is 4.79 Å². The predicted molar refractivity (Wildman–Crippen MR) is 60.3 cm³/mol. The molecule has 14 heavy (non-hydrogen) atoms. The highest BCUT2D eigenvalue weighted by Gasteiger charge is 2.26. The van der Waals surface area contributed by atoms with Gasteiger partial charge < -0.3 is 0 Å². The van der Waals surface area contributed by atoms with Crippen molar-refractivity contribution in [2.75, 3.05) is 0 Å². The molecule has 0 N–H and O–H groups in total. The van der Waals surface area contributed by atoms with Gasteiger partial charge in [0.2, 0.25) is 0 Å². The Morgan fingerprint density at radius 3 is 2.64 bits per heavy atom. The first-order valence-corrected chi connectivity index (χ1v) is 6.32. The molecule has 1 aliphatic rings. The van der Waals surface area contributed by atoms with Crippen molar-refractivity contribution >= 4 is 5.78 Å². The Labute approximate surface area is 88.3 Å². The normalized spacial score (nSPS) is 29.7. The Kier molecular flexibility index (Phi) is 5.21. The maximum Gasteiger partial charge on any atom is 0.136 e. The van der Waals surface area contributed by atoms with E-state index in [4.69, 9.17) is 0 Å². The molecule has 0 unspecified atom stereocenters. The van der Waals surface area contributed by atoms with E-state index in [1.165, 1.54) is 25.7 Å². The van der Waals surface area contributed by atoms with Crippen LogP contribution in [-0.2, 0) is 4.79 Å².